The minimum atomic E-state index is -0.135. The van der Waals surface area contributed by atoms with Crippen molar-refractivity contribution in [3.63, 3.8) is 0 Å². The molecule has 1 heterocycles. The van der Waals surface area contributed by atoms with Gasteiger partial charge < -0.3 is 9.47 Å². The monoisotopic (exact) mass is 362 g/mol. The Labute approximate surface area is 158 Å². The molecule has 3 rings (SSSR count). The highest BCUT2D eigenvalue weighted by atomic mass is 16.5. The average Bonchev–Trinajstić information content (AvgIpc) is 3.12. The Morgan fingerprint density at radius 2 is 1.96 bits per heavy atom. The van der Waals surface area contributed by atoms with Gasteiger partial charge in [-0.3, -0.25) is 9.48 Å². The smallest absolute Gasteiger partial charge is 0.206 e. The van der Waals surface area contributed by atoms with E-state index in [9.17, 15) is 4.79 Å². The van der Waals surface area contributed by atoms with E-state index in [2.05, 4.69) is 5.10 Å². The van der Waals surface area contributed by atoms with E-state index < -0.39 is 0 Å². The predicted octanol–water partition coefficient (Wildman–Crippen LogP) is 4.21. The molecule has 2 aromatic carbocycles. The van der Waals surface area contributed by atoms with E-state index in [1.807, 2.05) is 49.4 Å². The zero-order valence-electron chi connectivity index (χ0n) is 15.7. The maximum atomic E-state index is 12.2. The second kappa shape index (κ2) is 8.36. The topological polar surface area (TPSA) is 53.4 Å². The van der Waals surface area contributed by atoms with E-state index in [1.54, 1.807) is 37.2 Å². The van der Waals surface area contributed by atoms with Crippen molar-refractivity contribution >= 4 is 11.9 Å². The number of aromatic nitrogens is 2. The minimum absolute atomic E-state index is 0.135. The Bertz CT molecular complexity index is 973. The lowest BCUT2D eigenvalue weighted by Crippen LogP contribution is -2.00. The summed E-state index contributed by atoms with van der Waals surface area (Å²) in [5.74, 6) is 1.45. The molecule has 0 atom stereocenters. The van der Waals surface area contributed by atoms with Crippen LogP contribution in [0, 0.1) is 6.92 Å². The number of carbonyl (C=O) groups excluding carboxylic acids is 1. The van der Waals surface area contributed by atoms with Crippen LogP contribution in [-0.4, -0.2) is 22.7 Å². The zero-order chi connectivity index (χ0) is 19.2. The third kappa shape index (κ3) is 4.64. The molecule has 0 radical (unpaired) electrons. The molecule has 0 aliphatic rings. The molecule has 0 aliphatic carbocycles. The van der Waals surface area contributed by atoms with Crippen molar-refractivity contribution in [3.05, 3.63) is 83.2 Å². The van der Waals surface area contributed by atoms with Crippen LogP contribution >= 0.6 is 0 Å². The van der Waals surface area contributed by atoms with E-state index in [0.29, 0.717) is 12.3 Å². The molecule has 5 heteroatoms. The molecule has 3 aromatic rings. The molecule has 0 fully saturated rings. The second-order valence-electron chi connectivity index (χ2n) is 6.20. The summed E-state index contributed by atoms with van der Waals surface area (Å²) in [7, 11) is 3.41. The van der Waals surface area contributed by atoms with Crippen LogP contribution in [0.15, 0.2) is 60.8 Å². The fourth-order valence-electron chi connectivity index (χ4n) is 2.69. The highest BCUT2D eigenvalue weighted by molar-refractivity contribution is 6.05. The number of nitrogens with zero attached hydrogens (tertiary/aromatic N) is 2. The quantitative estimate of drug-likeness (QED) is 0.467. The van der Waals surface area contributed by atoms with Gasteiger partial charge in [0.25, 0.3) is 0 Å². The van der Waals surface area contributed by atoms with Crippen molar-refractivity contribution in [3.8, 4) is 11.5 Å². The molecule has 0 unspecified atom stereocenters. The van der Waals surface area contributed by atoms with Crippen LogP contribution in [0.2, 0.25) is 0 Å². The molecule has 0 saturated heterocycles. The first-order valence-electron chi connectivity index (χ1n) is 8.64. The summed E-state index contributed by atoms with van der Waals surface area (Å²) in [4.78, 5) is 12.2. The molecule has 1 aromatic heterocycles. The first kappa shape index (κ1) is 18.5. The van der Waals surface area contributed by atoms with Crippen LogP contribution < -0.4 is 9.47 Å². The number of allylic oxidation sites excluding steroid dienone is 1. The normalized spacial score (nSPS) is 10.9. The van der Waals surface area contributed by atoms with Crippen LogP contribution in [0.3, 0.4) is 0 Å². The summed E-state index contributed by atoms with van der Waals surface area (Å²) in [5.41, 5.74) is 3.30. The van der Waals surface area contributed by atoms with Gasteiger partial charge in [0.1, 0.15) is 23.8 Å². The Kier molecular flexibility index (Phi) is 5.71. The number of hydrogen-bond acceptors (Lipinski definition) is 4. The fourth-order valence-corrected chi connectivity index (χ4v) is 2.69. The lowest BCUT2D eigenvalue weighted by molar-refractivity contribution is 0.104. The number of para-hydroxylation sites is 1. The van der Waals surface area contributed by atoms with Crippen molar-refractivity contribution < 1.29 is 14.3 Å². The summed E-state index contributed by atoms with van der Waals surface area (Å²) in [6.07, 6.45) is 5.04. The molecule has 138 valence electrons. The zero-order valence-corrected chi connectivity index (χ0v) is 15.7. The van der Waals surface area contributed by atoms with Crippen molar-refractivity contribution in [1.29, 1.82) is 0 Å². The maximum absolute atomic E-state index is 12.2. The summed E-state index contributed by atoms with van der Waals surface area (Å²) in [6, 6.07) is 15.3. The molecule has 0 spiro atoms. The van der Waals surface area contributed by atoms with Crippen LogP contribution in [-0.2, 0) is 13.7 Å². The SMILES string of the molecule is COc1ccc(/C=C/C(=O)c2ccn(C)n2)cc1COc1ccccc1C. The van der Waals surface area contributed by atoms with Gasteiger partial charge in [-0.2, -0.15) is 5.10 Å². The van der Waals surface area contributed by atoms with Crippen molar-refractivity contribution in [2.75, 3.05) is 7.11 Å². The van der Waals surface area contributed by atoms with Gasteiger partial charge in [-0.05, 0) is 48.4 Å². The number of hydrogen-bond donors (Lipinski definition) is 0. The van der Waals surface area contributed by atoms with E-state index >= 15 is 0 Å². The number of rotatable bonds is 7. The van der Waals surface area contributed by atoms with Crippen molar-refractivity contribution in [2.45, 2.75) is 13.5 Å². The van der Waals surface area contributed by atoms with Gasteiger partial charge in [0, 0.05) is 18.8 Å². The summed E-state index contributed by atoms with van der Waals surface area (Å²) in [5, 5.41) is 4.11. The average molecular weight is 362 g/mol. The van der Waals surface area contributed by atoms with Crippen LogP contribution in [0.4, 0.5) is 0 Å². The van der Waals surface area contributed by atoms with E-state index in [-0.39, 0.29) is 5.78 Å². The predicted molar refractivity (Wildman–Crippen MR) is 105 cm³/mol. The van der Waals surface area contributed by atoms with Gasteiger partial charge in [0.15, 0.2) is 0 Å². The highest BCUT2D eigenvalue weighted by Crippen LogP contribution is 2.24. The number of ketones is 1. The summed E-state index contributed by atoms with van der Waals surface area (Å²) >= 11 is 0. The standard InChI is InChI=1S/C22H22N2O3/c1-16-6-4-5-7-21(16)27-15-18-14-17(9-11-22(18)26-3)8-10-20(25)19-12-13-24(2)23-19/h4-14H,15H2,1-3H3/b10-8+. The lowest BCUT2D eigenvalue weighted by atomic mass is 10.1. The summed E-state index contributed by atoms with van der Waals surface area (Å²) in [6.45, 7) is 2.39. The molecule has 0 saturated carbocycles. The van der Waals surface area contributed by atoms with Crippen molar-refractivity contribution in [1.82, 2.24) is 9.78 Å². The second-order valence-corrected chi connectivity index (χ2v) is 6.20. The van der Waals surface area contributed by atoms with E-state index in [1.165, 1.54) is 6.08 Å². The maximum Gasteiger partial charge on any atom is 0.206 e. The Hall–Kier alpha value is -3.34. The van der Waals surface area contributed by atoms with Gasteiger partial charge in [-0.25, -0.2) is 0 Å². The molecule has 0 amide bonds. The molecule has 5 nitrogen and oxygen atoms in total. The Morgan fingerprint density at radius 1 is 1.15 bits per heavy atom. The number of methoxy groups -OCH3 is 1. The summed E-state index contributed by atoms with van der Waals surface area (Å²) < 4.78 is 13.0. The first-order chi connectivity index (χ1) is 13.1. The van der Waals surface area contributed by atoms with Crippen LogP contribution in [0.1, 0.15) is 27.2 Å². The van der Waals surface area contributed by atoms with Gasteiger partial charge in [-0.1, -0.05) is 30.3 Å². The Morgan fingerprint density at radius 3 is 2.67 bits per heavy atom. The van der Waals surface area contributed by atoms with Gasteiger partial charge in [-0.15, -0.1) is 0 Å². The van der Waals surface area contributed by atoms with Gasteiger partial charge in [0.05, 0.1) is 7.11 Å². The van der Waals surface area contributed by atoms with Crippen molar-refractivity contribution in [2.24, 2.45) is 7.05 Å². The first-order valence-corrected chi connectivity index (χ1v) is 8.64. The minimum Gasteiger partial charge on any atom is -0.496 e. The Balaban J connectivity index is 1.75. The largest absolute Gasteiger partial charge is 0.496 e. The third-order valence-corrected chi connectivity index (χ3v) is 4.17. The molecular weight excluding hydrogens is 340 g/mol. The van der Waals surface area contributed by atoms with Gasteiger partial charge >= 0.3 is 0 Å². The van der Waals surface area contributed by atoms with Crippen LogP contribution in [0.5, 0.6) is 11.5 Å². The molecule has 27 heavy (non-hydrogen) atoms. The van der Waals surface area contributed by atoms with Crippen LogP contribution in [0.25, 0.3) is 6.08 Å². The fraction of sp³-hybridized carbons (Fsp3) is 0.182. The number of carbonyl (C=O) groups is 1. The number of ether oxygens (including phenoxy) is 2. The lowest BCUT2D eigenvalue weighted by Gasteiger charge is -2.12. The number of benzene rings is 2. The molecule has 0 aliphatic heterocycles. The highest BCUT2D eigenvalue weighted by Gasteiger charge is 2.08. The molecular formula is C22H22N2O3. The number of aryl methyl sites for hydroxylation is 2. The van der Waals surface area contributed by atoms with E-state index in [0.717, 1.165) is 28.2 Å². The molecule has 0 bridgehead atoms. The van der Waals surface area contributed by atoms with Gasteiger partial charge in [0.2, 0.25) is 5.78 Å². The van der Waals surface area contributed by atoms with E-state index in [4.69, 9.17) is 9.47 Å². The third-order valence-electron chi connectivity index (χ3n) is 4.17. The molecule has 0 N–H and O–H groups in total.